The van der Waals surface area contributed by atoms with Crippen LogP contribution in [0.2, 0.25) is 0 Å². The van der Waals surface area contributed by atoms with Crippen molar-refractivity contribution in [3.8, 4) is 0 Å². The van der Waals surface area contributed by atoms with Gasteiger partial charge >= 0.3 is 0 Å². The first kappa shape index (κ1) is 22.5. The van der Waals surface area contributed by atoms with Crippen molar-refractivity contribution in [2.75, 3.05) is 41.9 Å². The standard InChI is InChI=1S/C21H22Cl3N3O3S/c1-15-2-5-18(6-3-15)31(29,30)27-9-8-16-14-17(4-7-19(16)27)25-10-12-26(13-11-25)20(28)21(22,23)24/h2-7,14H,8-13H2,1H3. The molecule has 2 aromatic carbocycles. The molecule has 0 aliphatic carbocycles. The number of fused-ring (bicyclic) bond motifs is 1. The number of benzene rings is 2. The summed E-state index contributed by atoms with van der Waals surface area (Å²) in [6, 6.07) is 12.7. The van der Waals surface area contributed by atoms with E-state index in [1.165, 1.54) is 4.31 Å². The SMILES string of the molecule is Cc1ccc(S(=O)(=O)N2CCc3cc(N4CCN(C(=O)C(Cl)(Cl)Cl)CC4)ccc32)cc1. The summed E-state index contributed by atoms with van der Waals surface area (Å²) in [6.07, 6.45) is 0.653. The Morgan fingerprint density at radius 1 is 0.935 bits per heavy atom. The second kappa shape index (κ2) is 8.35. The molecule has 2 aliphatic rings. The van der Waals surface area contributed by atoms with Crippen molar-refractivity contribution in [2.24, 2.45) is 0 Å². The largest absolute Gasteiger partial charge is 0.368 e. The number of carbonyl (C=O) groups excluding carboxylic acids is 1. The number of piperazine rings is 1. The summed E-state index contributed by atoms with van der Waals surface area (Å²) in [6.45, 7) is 4.47. The second-order valence-electron chi connectivity index (χ2n) is 7.73. The first-order valence-corrected chi connectivity index (χ1v) is 12.5. The van der Waals surface area contributed by atoms with Gasteiger partial charge < -0.3 is 9.80 Å². The summed E-state index contributed by atoms with van der Waals surface area (Å²) in [4.78, 5) is 16.1. The molecule has 0 atom stereocenters. The molecule has 0 radical (unpaired) electrons. The zero-order valence-corrected chi connectivity index (χ0v) is 20.0. The number of hydrogen-bond acceptors (Lipinski definition) is 4. The number of aryl methyl sites for hydroxylation is 1. The van der Waals surface area contributed by atoms with Gasteiger partial charge in [0.1, 0.15) is 0 Å². The average molecular weight is 503 g/mol. The van der Waals surface area contributed by atoms with E-state index in [4.69, 9.17) is 34.8 Å². The van der Waals surface area contributed by atoms with Crippen LogP contribution in [0, 0.1) is 6.92 Å². The van der Waals surface area contributed by atoms with Crippen molar-refractivity contribution in [3.05, 3.63) is 53.6 Å². The van der Waals surface area contributed by atoms with Gasteiger partial charge in [0, 0.05) is 38.4 Å². The van der Waals surface area contributed by atoms with Crippen LogP contribution in [0.25, 0.3) is 0 Å². The van der Waals surface area contributed by atoms with Crippen molar-refractivity contribution in [3.63, 3.8) is 0 Å². The Morgan fingerprint density at radius 2 is 1.58 bits per heavy atom. The maximum atomic E-state index is 13.1. The highest BCUT2D eigenvalue weighted by atomic mass is 35.6. The first-order valence-electron chi connectivity index (χ1n) is 9.91. The van der Waals surface area contributed by atoms with Crippen molar-refractivity contribution in [1.82, 2.24) is 4.90 Å². The number of anilines is 2. The van der Waals surface area contributed by atoms with Crippen molar-refractivity contribution in [1.29, 1.82) is 0 Å². The quantitative estimate of drug-likeness (QED) is 0.600. The van der Waals surface area contributed by atoms with E-state index in [1.54, 1.807) is 29.2 Å². The number of nitrogens with zero attached hydrogens (tertiary/aromatic N) is 3. The van der Waals surface area contributed by atoms with E-state index in [0.717, 1.165) is 16.8 Å². The predicted octanol–water partition coefficient (Wildman–Crippen LogP) is 3.77. The molecule has 166 valence electrons. The van der Waals surface area contributed by atoms with Gasteiger partial charge in [0.25, 0.3) is 19.7 Å². The normalized spacial score (nSPS) is 17.1. The predicted molar refractivity (Wildman–Crippen MR) is 125 cm³/mol. The third kappa shape index (κ3) is 4.46. The molecule has 0 N–H and O–H groups in total. The second-order valence-corrected chi connectivity index (χ2v) is 11.9. The van der Waals surface area contributed by atoms with Crippen LogP contribution < -0.4 is 9.21 Å². The Bertz CT molecular complexity index is 1090. The fraction of sp³-hybridized carbons (Fsp3) is 0.381. The van der Waals surface area contributed by atoms with Gasteiger partial charge in [0.05, 0.1) is 10.6 Å². The Kier molecular flexibility index (Phi) is 6.07. The number of alkyl halides is 3. The van der Waals surface area contributed by atoms with Crippen LogP contribution in [0.4, 0.5) is 11.4 Å². The van der Waals surface area contributed by atoms with Crippen LogP contribution in [0.5, 0.6) is 0 Å². The zero-order valence-electron chi connectivity index (χ0n) is 16.9. The van der Waals surface area contributed by atoms with Crippen molar-refractivity contribution >= 4 is 62.1 Å². The van der Waals surface area contributed by atoms with Crippen LogP contribution in [-0.2, 0) is 21.2 Å². The van der Waals surface area contributed by atoms with E-state index in [1.807, 2.05) is 25.1 Å². The summed E-state index contributed by atoms with van der Waals surface area (Å²) in [5.41, 5.74) is 3.72. The van der Waals surface area contributed by atoms with Crippen LogP contribution in [-0.4, -0.2) is 55.7 Å². The molecule has 0 aromatic heterocycles. The molecule has 31 heavy (non-hydrogen) atoms. The summed E-state index contributed by atoms with van der Waals surface area (Å²) in [5.74, 6) is -0.511. The molecule has 1 saturated heterocycles. The lowest BCUT2D eigenvalue weighted by molar-refractivity contribution is -0.130. The van der Waals surface area contributed by atoms with E-state index in [0.29, 0.717) is 49.7 Å². The molecule has 0 unspecified atom stereocenters. The summed E-state index contributed by atoms with van der Waals surface area (Å²) in [7, 11) is -3.60. The van der Waals surface area contributed by atoms with Gasteiger partial charge in [-0.15, -0.1) is 0 Å². The summed E-state index contributed by atoms with van der Waals surface area (Å²) < 4.78 is 25.8. The smallest absolute Gasteiger partial charge is 0.274 e. The number of amides is 1. The number of rotatable bonds is 3. The first-order chi connectivity index (χ1) is 14.6. The highest BCUT2D eigenvalue weighted by molar-refractivity contribution is 7.92. The van der Waals surface area contributed by atoms with E-state index < -0.39 is 19.7 Å². The summed E-state index contributed by atoms with van der Waals surface area (Å²) >= 11 is 17.1. The molecule has 1 fully saturated rings. The molecule has 0 bridgehead atoms. The molecule has 10 heteroatoms. The molecular weight excluding hydrogens is 481 g/mol. The Labute approximate surface area is 197 Å². The molecule has 0 saturated carbocycles. The Morgan fingerprint density at radius 3 is 2.19 bits per heavy atom. The maximum absolute atomic E-state index is 13.1. The number of sulfonamides is 1. The zero-order chi connectivity index (χ0) is 22.4. The molecule has 4 rings (SSSR count). The van der Waals surface area contributed by atoms with Crippen LogP contribution in [0.3, 0.4) is 0 Å². The Hall–Kier alpha value is -1.67. The fourth-order valence-corrected chi connectivity index (χ4v) is 5.85. The molecule has 6 nitrogen and oxygen atoms in total. The monoisotopic (exact) mass is 501 g/mol. The number of halogens is 3. The molecule has 2 aromatic rings. The van der Waals surface area contributed by atoms with E-state index >= 15 is 0 Å². The van der Waals surface area contributed by atoms with Gasteiger partial charge in [-0.05, 0) is 49.2 Å². The summed E-state index contributed by atoms with van der Waals surface area (Å²) in [5, 5.41) is 0. The maximum Gasteiger partial charge on any atom is 0.274 e. The van der Waals surface area contributed by atoms with Gasteiger partial charge in [-0.3, -0.25) is 9.10 Å². The van der Waals surface area contributed by atoms with Gasteiger partial charge in [0.2, 0.25) is 0 Å². The molecular formula is C21H22Cl3N3O3S. The van der Waals surface area contributed by atoms with Crippen LogP contribution in [0.1, 0.15) is 11.1 Å². The average Bonchev–Trinajstić information content (AvgIpc) is 3.17. The topological polar surface area (TPSA) is 60.9 Å². The highest BCUT2D eigenvalue weighted by Crippen LogP contribution is 2.36. The van der Waals surface area contributed by atoms with E-state index in [9.17, 15) is 13.2 Å². The fourth-order valence-electron chi connectivity index (χ4n) is 3.99. The molecule has 2 heterocycles. The molecule has 0 spiro atoms. The minimum absolute atomic E-state index is 0.296. The lowest BCUT2D eigenvalue weighted by atomic mass is 10.1. The lowest BCUT2D eigenvalue weighted by Gasteiger charge is -2.37. The van der Waals surface area contributed by atoms with Crippen LogP contribution >= 0.6 is 34.8 Å². The third-order valence-corrected chi connectivity index (χ3v) is 8.01. The molecule has 1 amide bonds. The lowest BCUT2D eigenvalue weighted by Crippen LogP contribution is -2.51. The van der Waals surface area contributed by atoms with Gasteiger partial charge in [0.15, 0.2) is 0 Å². The van der Waals surface area contributed by atoms with Crippen LogP contribution in [0.15, 0.2) is 47.4 Å². The molecule has 2 aliphatic heterocycles. The van der Waals surface area contributed by atoms with E-state index in [-0.39, 0.29) is 0 Å². The van der Waals surface area contributed by atoms with Crippen molar-refractivity contribution in [2.45, 2.75) is 22.0 Å². The number of hydrogen-bond donors (Lipinski definition) is 0. The number of carbonyl (C=O) groups is 1. The Balaban J connectivity index is 1.50. The van der Waals surface area contributed by atoms with Gasteiger partial charge in [-0.1, -0.05) is 52.5 Å². The van der Waals surface area contributed by atoms with E-state index in [2.05, 4.69) is 4.90 Å². The third-order valence-electron chi connectivity index (χ3n) is 5.70. The highest BCUT2D eigenvalue weighted by Gasteiger charge is 2.37. The van der Waals surface area contributed by atoms with Gasteiger partial charge in [-0.25, -0.2) is 8.42 Å². The minimum atomic E-state index is -3.60. The van der Waals surface area contributed by atoms with Gasteiger partial charge in [-0.2, -0.15) is 0 Å². The van der Waals surface area contributed by atoms with Crippen molar-refractivity contribution < 1.29 is 13.2 Å². The minimum Gasteiger partial charge on any atom is -0.368 e.